The van der Waals surface area contributed by atoms with Gasteiger partial charge < -0.3 is 25.4 Å². The molecule has 3 aromatic heterocycles. The summed E-state index contributed by atoms with van der Waals surface area (Å²) in [6, 6.07) is 1.07. The normalized spacial score (nSPS) is 21.4. The first kappa shape index (κ1) is 27.3. The summed E-state index contributed by atoms with van der Waals surface area (Å²) in [5.74, 6) is 0.411. The van der Waals surface area contributed by atoms with Crippen molar-refractivity contribution in [3.05, 3.63) is 29.8 Å². The summed E-state index contributed by atoms with van der Waals surface area (Å²) in [6.45, 7) is 9.13. The zero-order valence-electron chi connectivity index (χ0n) is 22.1. The minimum absolute atomic E-state index is 0.0934. The van der Waals surface area contributed by atoms with Crippen LogP contribution in [0.25, 0.3) is 5.65 Å². The van der Waals surface area contributed by atoms with E-state index >= 15 is 0 Å². The minimum Gasteiger partial charge on any atom is -0.444 e. The largest absolute Gasteiger partial charge is 0.444 e. The average molecular weight is 579 g/mol. The van der Waals surface area contributed by atoms with Gasteiger partial charge in [0.1, 0.15) is 22.8 Å². The van der Waals surface area contributed by atoms with Gasteiger partial charge >= 0.3 is 6.09 Å². The van der Waals surface area contributed by atoms with Gasteiger partial charge in [-0.1, -0.05) is 11.6 Å². The molecule has 2 saturated heterocycles. The highest BCUT2D eigenvalue weighted by atomic mass is 35.5. The second-order valence-electron chi connectivity index (χ2n) is 10.9. The number of piperidine rings is 1. The standard InChI is InChI=1S/C24H31ClN8O5S/c1-14-18(31-22(34)38-23(2,3)4)24(12-37-14)6-9-32(10-7-24)20-21-29-13-30-33(21)16(11-28-20)39(35,36)15-5-8-27-19(26)17(15)25/h5,8,11,13-14,18H,6-7,9-10,12H2,1-4H3,(H2,26,27)(H,31,34)/t14-,18+/m0/s1. The molecule has 0 saturated carbocycles. The Morgan fingerprint density at radius 2 is 1.97 bits per heavy atom. The first-order chi connectivity index (χ1) is 18.3. The van der Waals surface area contributed by atoms with Crippen LogP contribution in [0.3, 0.4) is 0 Å². The van der Waals surface area contributed by atoms with E-state index in [0.717, 1.165) is 0 Å². The number of hydrogen-bond acceptors (Lipinski definition) is 11. The molecule has 3 aromatic rings. The van der Waals surface area contributed by atoms with E-state index in [4.69, 9.17) is 26.8 Å². The minimum atomic E-state index is -4.13. The van der Waals surface area contributed by atoms with Crippen LogP contribution in [0.2, 0.25) is 5.02 Å². The second kappa shape index (κ2) is 9.75. The highest BCUT2D eigenvalue weighted by Gasteiger charge is 2.50. The first-order valence-corrected chi connectivity index (χ1v) is 14.4. The summed E-state index contributed by atoms with van der Waals surface area (Å²) in [7, 11) is -4.13. The molecule has 13 nitrogen and oxygen atoms in total. The second-order valence-corrected chi connectivity index (χ2v) is 13.2. The molecule has 3 N–H and O–H groups in total. The Morgan fingerprint density at radius 1 is 1.26 bits per heavy atom. The van der Waals surface area contributed by atoms with Gasteiger partial charge in [-0.3, -0.25) is 0 Å². The number of carbonyl (C=O) groups is 1. The molecule has 0 aliphatic carbocycles. The number of halogens is 1. The van der Waals surface area contributed by atoms with Gasteiger partial charge in [-0.25, -0.2) is 28.2 Å². The Hall–Kier alpha value is -3.23. The van der Waals surface area contributed by atoms with Crippen LogP contribution in [0.5, 0.6) is 0 Å². The topological polar surface area (TPSA) is 167 Å². The van der Waals surface area contributed by atoms with E-state index < -0.39 is 21.5 Å². The van der Waals surface area contributed by atoms with Crippen LogP contribution in [0.4, 0.5) is 16.4 Å². The molecule has 1 spiro atoms. The number of nitrogen functional groups attached to an aromatic ring is 1. The van der Waals surface area contributed by atoms with Gasteiger partial charge in [0.15, 0.2) is 16.5 Å². The fourth-order valence-electron chi connectivity index (χ4n) is 5.26. The molecule has 39 heavy (non-hydrogen) atoms. The van der Waals surface area contributed by atoms with Gasteiger partial charge in [0.05, 0.1) is 29.8 Å². The molecule has 0 radical (unpaired) electrons. The quantitative estimate of drug-likeness (QED) is 0.466. The van der Waals surface area contributed by atoms with E-state index in [1.54, 1.807) is 0 Å². The van der Waals surface area contributed by atoms with E-state index in [1.165, 1.54) is 29.3 Å². The van der Waals surface area contributed by atoms with Crippen molar-refractivity contribution >= 4 is 44.8 Å². The highest BCUT2D eigenvalue weighted by molar-refractivity contribution is 7.91. The fourth-order valence-corrected chi connectivity index (χ4v) is 7.03. The lowest BCUT2D eigenvalue weighted by atomic mass is 9.73. The molecule has 1 amide bonds. The summed E-state index contributed by atoms with van der Waals surface area (Å²) in [6.07, 6.45) is 4.60. The molecule has 5 heterocycles. The molecule has 210 valence electrons. The van der Waals surface area contributed by atoms with Crippen molar-refractivity contribution in [2.24, 2.45) is 5.41 Å². The van der Waals surface area contributed by atoms with Crippen molar-refractivity contribution in [1.29, 1.82) is 0 Å². The zero-order chi connectivity index (χ0) is 28.2. The lowest BCUT2D eigenvalue weighted by molar-refractivity contribution is 0.0434. The number of fused-ring (bicyclic) bond motifs is 1. The lowest BCUT2D eigenvalue weighted by Crippen LogP contribution is -2.55. The molecule has 2 aliphatic rings. The van der Waals surface area contributed by atoms with Gasteiger partial charge in [-0.15, -0.1) is 0 Å². The van der Waals surface area contributed by atoms with Crippen molar-refractivity contribution in [2.75, 3.05) is 30.3 Å². The van der Waals surface area contributed by atoms with Crippen LogP contribution in [0, 0.1) is 5.41 Å². The summed E-state index contributed by atoms with van der Waals surface area (Å²) in [5, 5.41) is 6.83. The number of ether oxygens (including phenoxy) is 2. The number of nitrogens with two attached hydrogens (primary N) is 1. The molecular formula is C24H31ClN8O5S. The summed E-state index contributed by atoms with van der Waals surface area (Å²) < 4.78 is 39.6. The number of nitrogens with zero attached hydrogens (tertiary/aromatic N) is 6. The maximum atomic E-state index is 13.4. The van der Waals surface area contributed by atoms with Crippen molar-refractivity contribution < 1.29 is 22.7 Å². The van der Waals surface area contributed by atoms with E-state index in [1.807, 2.05) is 32.6 Å². The molecule has 2 atom stereocenters. The Balaban J connectivity index is 1.39. The van der Waals surface area contributed by atoms with Crippen LogP contribution in [0.15, 0.2) is 34.7 Å². The SMILES string of the molecule is C[C@@H]1OCC2(CCN(c3ncc(S(=O)(=O)c4ccnc(N)c4Cl)n4ncnc34)CC2)[C@@H]1NC(=O)OC(C)(C)C. The van der Waals surface area contributed by atoms with Crippen molar-refractivity contribution in [3.8, 4) is 0 Å². The summed E-state index contributed by atoms with van der Waals surface area (Å²) in [4.78, 5) is 27.0. The third-order valence-electron chi connectivity index (χ3n) is 7.19. The van der Waals surface area contributed by atoms with Gasteiger partial charge in [0.25, 0.3) is 0 Å². The van der Waals surface area contributed by atoms with Gasteiger partial charge in [-0.05, 0) is 46.6 Å². The van der Waals surface area contributed by atoms with Crippen LogP contribution in [-0.2, 0) is 19.3 Å². The van der Waals surface area contributed by atoms with E-state index in [2.05, 4.69) is 25.4 Å². The number of pyridine rings is 1. The lowest BCUT2D eigenvalue weighted by Gasteiger charge is -2.43. The van der Waals surface area contributed by atoms with Crippen molar-refractivity contribution in [1.82, 2.24) is 29.9 Å². The third-order valence-corrected chi connectivity index (χ3v) is 9.45. The number of aromatic nitrogens is 5. The number of nitrogens with one attached hydrogen (secondary N) is 1. The summed E-state index contributed by atoms with van der Waals surface area (Å²) >= 11 is 6.17. The third kappa shape index (κ3) is 4.96. The Labute approximate surface area is 231 Å². The maximum Gasteiger partial charge on any atom is 0.407 e. The van der Waals surface area contributed by atoms with Crippen LogP contribution in [-0.4, -0.2) is 76.5 Å². The van der Waals surface area contributed by atoms with E-state index in [-0.39, 0.29) is 38.3 Å². The van der Waals surface area contributed by atoms with Crippen molar-refractivity contribution in [2.45, 2.75) is 68.2 Å². The number of anilines is 2. The Bertz CT molecular complexity index is 1510. The smallest absolute Gasteiger partial charge is 0.407 e. The highest BCUT2D eigenvalue weighted by Crippen LogP contribution is 2.43. The zero-order valence-corrected chi connectivity index (χ0v) is 23.7. The number of carbonyl (C=O) groups excluding carboxylic acids is 1. The Kier molecular flexibility index (Phi) is 6.84. The van der Waals surface area contributed by atoms with Crippen LogP contribution < -0.4 is 16.0 Å². The molecule has 0 unspecified atom stereocenters. The average Bonchev–Trinajstić information content (AvgIpc) is 3.46. The molecule has 15 heteroatoms. The summed E-state index contributed by atoms with van der Waals surface area (Å²) in [5.41, 5.74) is 5.15. The molecular weight excluding hydrogens is 548 g/mol. The van der Waals surface area contributed by atoms with Crippen LogP contribution >= 0.6 is 11.6 Å². The first-order valence-electron chi connectivity index (χ1n) is 12.5. The van der Waals surface area contributed by atoms with Crippen LogP contribution in [0.1, 0.15) is 40.5 Å². The van der Waals surface area contributed by atoms with Gasteiger partial charge in [0, 0.05) is 24.7 Å². The Morgan fingerprint density at radius 3 is 2.67 bits per heavy atom. The number of hydrogen-bond donors (Lipinski definition) is 2. The molecule has 5 rings (SSSR count). The monoisotopic (exact) mass is 578 g/mol. The predicted molar refractivity (Wildman–Crippen MR) is 142 cm³/mol. The number of alkyl carbamates (subject to hydrolysis) is 1. The number of amides is 1. The molecule has 2 aliphatic heterocycles. The number of sulfone groups is 1. The number of rotatable bonds is 4. The predicted octanol–water partition coefficient (Wildman–Crippen LogP) is 2.49. The van der Waals surface area contributed by atoms with E-state index in [0.29, 0.717) is 44.0 Å². The fraction of sp³-hybridized carbons (Fsp3) is 0.542. The van der Waals surface area contributed by atoms with Gasteiger partial charge in [-0.2, -0.15) is 9.61 Å². The van der Waals surface area contributed by atoms with E-state index in [9.17, 15) is 13.2 Å². The van der Waals surface area contributed by atoms with Gasteiger partial charge in [0.2, 0.25) is 9.84 Å². The van der Waals surface area contributed by atoms with Crippen molar-refractivity contribution in [3.63, 3.8) is 0 Å². The molecule has 0 aromatic carbocycles. The maximum absolute atomic E-state index is 13.4. The molecule has 2 fully saturated rings. The molecule has 0 bridgehead atoms.